The third-order valence-electron chi connectivity index (χ3n) is 3.71. The minimum atomic E-state index is 0.589. The van der Waals surface area contributed by atoms with E-state index in [0.717, 1.165) is 48.0 Å². The summed E-state index contributed by atoms with van der Waals surface area (Å²) in [5.41, 5.74) is 1.90. The lowest BCUT2D eigenvalue weighted by atomic mass is 10.1. The maximum atomic E-state index is 5.42. The molecule has 0 aliphatic heterocycles. The van der Waals surface area contributed by atoms with E-state index in [9.17, 15) is 0 Å². The predicted octanol–water partition coefficient (Wildman–Crippen LogP) is 3.27. The third-order valence-corrected chi connectivity index (χ3v) is 3.71. The second-order valence-electron chi connectivity index (χ2n) is 5.41. The average Bonchev–Trinajstić information content (AvgIpc) is 2.89. The fraction of sp³-hybridized carbons (Fsp3) is 0.562. The number of nitrogens with zero attached hydrogens (tertiary/aromatic N) is 4. The van der Waals surface area contributed by atoms with Crippen LogP contribution in [0, 0.1) is 12.8 Å². The van der Waals surface area contributed by atoms with Crippen LogP contribution in [-0.2, 0) is 13.0 Å². The van der Waals surface area contributed by atoms with Gasteiger partial charge in [-0.2, -0.15) is 5.10 Å². The largest absolute Gasteiger partial charge is 0.494 e. The molecule has 2 aromatic heterocycles. The summed E-state index contributed by atoms with van der Waals surface area (Å²) >= 11 is 0. The van der Waals surface area contributed by atoms with Crippen LogP contribution in [-0.4, -0.2) is 26.9 Å². The fourth-order valence-corrected chi connectivity index (χ4v) is 2.24. The van der Waals surface area contributed by atoms with Crippen molar-refractivity contribution in [1.29, 1.82) is 0 Å². The third kappa shape index (κ3) is 3.40. The molecule has 5 nitrogen and oxygen atoms in total. The molecule has 0 spiro atoms. The summed E-state index contributed by atoms with van der Waals surface area (Å²) in [5, 5.41) is 4.63. The van der Waals surface area contributed by atoms with E-state index in [1.807, 2.05) is 17.7 Å². The Morgan fingerprint density at radius 2 is 2.10 bits per heavy atom. The van der Waals surface area contributed by atoms with Gasteiger partial charge in [-0.15, -0.1) is 0 Å². The lowest BCUT2D eigenvalue weighted by Gasteiger charge is -2.08. The molecule has 2 heterocycles. The molecule has 0 aliphatic rings. The highest BCUT2D eigenvalue weighted by atomic mass is 16.5. The molecule has 1 atom stereocenters. The van der Waals surface area contributed by atoms with Crippen molar-refractivity contribution >= 4 is 0 Å². The van der Waals surface area contributed by atoms with Crippen LogP contribution >= 0.6 is 0 Å². The van der Waals surface area contributed by atoms with Gasteiger partial charge in [0.25, 0.3) is 0 Å². The minimum absolute atomic E-state index is 0.589. The van der Waals surface area contributed by atoms with Crippen LogP contribution in [0.1, 0.15) is 38.7 Å². The highest BCUT2D eigenvalue weighted by Gasteiger charge is 2.17. The molecule has 0 fully saturated rings. The van der Waals surface area contributed by atoms with Gasteiger partial charge in [-0.3, -0.25) is 4.98 Å². The van der Waals surface area contributed by atoms with Gasteiger partial charge in [0.15, 0.2) is 11.6 Å². The molecule has 0 saturated carbocycles. The summed E-state index contributed by atoms with van der Waals surface area (Å²) in [7, 11) is 1.66. The van der Waals surface area contributed by atoms with E-state index in [0.29, 0.717) is 5.92 Å². The van der Waals surface area contributed by atoms with Gasteiger partial charge >= 0.3 is 0 Å². The van der Waals surface area contributed by atoms with Crippen LogP contribution in [0.4, 0.5) is 0 Å². The Morgan fingerprint density at radius 1 is 1.33 bits per heavy atom. The number of pyridine rings is 1. The van der Waals surface area contributed by atoms with Crippen molar-refractivity contribution in [1.82, 2.24) is 19.7 Å². The number of methoxy groups -OCH3 is 1. The van der Waals surface area contributed by atoms with Gasteiger partial charge in [-0.1, -0.05) is 20.3 Å². The molecule has 2 rings (SSSR count). The van der Waals surface area contributed by atoms with E-state index in [-0.39, 0.29) is 0 Å². The molecule has 2 aromatic rings. The lowest BCUT2D eigenvalue weighted by molar-refractivity contribution is 0.413. The molecular formula is C16H24N4O. The van der Waals surface area contributed by atoms with Crippen molar-refractivity contribution in [3.63, 3.8) is 0 Å². The molecule has 21 heavy (non-hydrogen) atoms. The zero-order valence-corrected chi connectivity index (χ0v) is 13.6. The van der Waals surface area contributed by atoms with Crippen LogP contribution in [0.2, 0.25) is 0 Å². The normalized spacial score (nSPS) is 12.4. The maximum absolute atomic E-state index is 5.42. The van der Waals surface area contributed by atoms with Gasteiger partial charge in [0, 0.05) is 18.7 Å². The van der Waals surface area contributed by atoms with Gasteiger partial charge < -0.3 is 4.74 Å². The summed E-state index contributed by atoms with van der Waals surface area (Å²) in [5.74, 6) is 3.08. The molecular weight excluding hydrogens is 264 g/mol. The summed E-state index contributed by atoms with van der Waals surface area (Å²) in [6, 6.07) is 2.00. The molecule has 0 amide bonds. The van der Waals surface area contributed by atoms with Crippen LogP contribution in [0.15, 0.2) is 12.3 Å². The maximum Gasteiger partial charge on any atom is 0.162 e. The highest BCUT2D eigenvalue weighted by molar-refractivity contribution is 5.64. The van der Waals surface area contributed by atoms with E-state index in [1.165, 1.54) is 0 Å². The van der Waals surface area contributed by atoms with Crippen LogP contribution in [0.5, 0.6) is 5.75 Å². The van der Waals surface area contributed by atoms with Crippen molar-refractivity contribution in [3.05, 3.63) is 23.8 Å². The van der Waals surface area contributed by atoms with Gasteiger partial charge in [-0.25, -0.2) is 9.67 Å². The highest BCUT2D eigenvalue weighted by Crippen LogP contribution is 2.29. The number of rotatable bonds is 6. The zero-order valence-electron chi connectivity index (χ0n) is 13.6. The zero-order chi connectivity index (χ0) is 15.4. The number of aromatic nitrogens is 4. The first-order valence-corrected chi connectivity index (χ1v) is 7.53. The van der Waals surface area contributed by atoms with E-state index in [2.05, 4.69) is 30.9 Å². The molecule has 5 heteroatoms. The summed E-state index contributed by atoms with van der Waals surface area (Å²) in [4.78, 5) is 9.01. The Kier molecular flexibility index (Phi) is 4.94. The molecule has 0 saturated heterocycles. The summed E-state index contributed by atoms with van der Waals surface area (Å²) in [6.07, 6.45) is 3.78. The quantitative estimate of drug-likeness (QED) is 0.818. The van der Waals surface area contributed by atoms with E-state index in [4.69, 9.17) is 9.72 Å². The second kappa shape index (κ2) is 6.70. The van der Waals surface area contributed by atoms with Crippen molar-refractivity contribution < 1.29 is 4.74 Å². The Labute approximate surface area is 126 Å². The molecule has 0 aliphatic carbocycles. The Balaban J connectivity index is 2.45. The number of aryl methyl sites for hydroxylation is 2. The predicted molar refractivity (Wildman–Crippen MR) is 83.4 cm³/mol. The molecule has 0 bridgehead atoms. The molecule has 1 unspecified atom stereocenters. The molecule has 114 valence electrons. The number of hydrogen-bond acceptors (Lipinski definition) is 4. The Morgan fingerprint density at radius 3 is 2.71 bits per heavy atom. The van der Waals surface area contributed by atoms with Crippen molar-refractivity contribution in [2.75, 3.05) is 7.11 Å². The second-order valence-corrected chi connectivity index (χ2v) is 5.41. The van der Waals surface area contributed by atoms with E-state index in [1.54, 1.807) is 13.3 Å². The topological polar surface area (TPSA) is 52.8 Å². The molecule has 0 radical (unpaired) electrons. The standard InChI is InChI=1S/C16H24N4O/c1-6-11(3)8-15-18-16(20(7-2)19-15)13-9-12(4)17-10-14(13)21-5/h9-11H,6-8H2,1-5H3. The Hall–Kier alpha value is -1.91. The van der Waals surface area contributed by atoms with Crippen LogP contribution < -0.4 is 4.74 Å². The number of hydrogen-bond donors (Lipinski definition) is 0. The molecule has 0 N–H and O–H groups in total. The molecule has 0 aromatic carbocycles. The number of ether oxygens (including phenoxy) is 1. The summed E-state index contributed by atoms with van der Waals surface area (Å²) in [6.45, 7) is 9.25. The summed E-state index contributed by atoms with van der Waals surface area (Å²) < 4.78 is 7.36. The van der Waals surface area contributed by atoms with Crippen molar-refractivity contribution in [3.8, 4) is 17.1 Å². The van der Waals surface area contributed by atoms with Crippen LogP contribution in [0.3, 0.4) is 0 Å². The fourth-order valence-electron chi connectivity index (χ4n) is 2.24. The smallest absolute Gasteiger partial charge is 0.162 e. The van der Waals surface area contributed by atoms with Crippen molar-refractivity contribution in [2.24, 2.45) is 5.92 Å². The van der Waals surface area contributed by atoms with Gasteiger partial charge in [0.05, 0.1) is 18.9 Å². The van der Waals surface area contributed by atoms with Gasteiger partial charge in [-0.05, 0) is 25.8 Å². The van der Waals surface area contributed by atoms with E-state index < -0.39 is 0 Å². The lowest BCUT2D eigenvalue weighted by Crippen LogP contribution is -2.03. The first kappa shape index (κ1) is 15.5. The first-order valence-electron chi connectivity index (χ1n) is 7.53. The van der Waals surface area contributed by atoms with E-state index >= 15 is 0 Å². The minimum Gasteiger partial charge on any atom is -0.494 e. The Bertz CT molecular complexity index is 606. The SMILES string of the molecule is CCC(C)Cc1nc(-c2cc(C)ncc2OC)n(CC)n1. The monoisotopic (exact) mass is 288 g/mol. The van der Waals surface area contributed by atoms with Crippen LogP contribution in [0.25, 0.3) is 11.4 Å². The van der Waals surface area contributed by atoms with Crippen molar-refractivity contribution in [2.45, 2.75) is 47.1 Å². The first-order chi connectivity index (χ1) is 10.1. The van der Waals surface area contributed by atoms with Gasteiger partial charge in [0.1, 0.15) is 5.75 Å². The van der Waals surface area contributed by atoms with Gasteiger partial charge in [0.2, 0.25) is 0 Å². The average molecular weight is 288 g/mol.